The van der Waals surface area contributed by atoms with Gasteiger partial charge in [-0.1, -0.05) is 0 Å². The zero-order valence-electron chi connectivity index (χ0n) is 14.5. The number of likely N-dealkylation sites (N-methyl/N-ethyl adjacent to an activating group) is 1. The van der Waals surface area contributed by atoms with E-state index in [1.54, 1.807) is 4.90 Å². The zero-order valence-corrected chi connectivity index (χ0v) is 15.3. The van der Waals surface area contributed by atoms with Crippen LogP contribution in [-0.2, 0) is 14.9 Å². The summed E-state index contributed by atoms with van der Waals surface area (Å²) < 4.78 is 33.6. The number of carbonyl (C=O) groups is 1. The van der Waals surface area contributed by atoms with Gasteiger partial charge in [0, 0.05) is 52.4 Å². The first-order chi connectivity index (χ1) is 10.6. The first-order valence-corrected chi connectivity index (χ1v) is 9.41. The molecule has 2 heterocycles. The van der Waals surface area contributed by atoms with Crippen LogP contribution in [0.25, 0.3) is 0 Å². The van der Waals surface area contributed by atoms with E-state index in [4.69, 9.17) is 4.74 Å². The van der Waals surface area contributed by atoms with E-state index in [0.717, 1.165) is 13.1 Å². The van der Waals surface area contributed by atoms with E-state index in [-0.39, 0.29) is 6.09 Å². The third-order valence-corrected chi connectivity index (χ3v) is 6.04. The van der Waals surface area contributed by atoms with Gasteiger partial charge in [0.15, 0.2) is 0 Å². The molecule has 0 bridgehead atoms. The standard InChI is InChI=1S/C14H28N4O4S/c1-14(2,3)22-13(19)16-7-11-18(12-8-16)23(20,21)17-9-5-15(4)6-10-17/h5-12H2,1-4H3. The lowest BCUT2D eigenvalue weighted by atomic mass is 10.2. The van der Waals surface area contributed by atoms with Gasteiger partial charge in [-0.3, -0.25) is 0 Å². The number of amides is 1. The van der Waals surface area contributed by atoms with Crippen molar-refractivity contribution in [2.24, 2.45) is 0 Å². The Morgan fingerprint density at radius 3 is 1.74 bits per heavy atom. The number of hydrogen-bond acceptors (Lipinski definition) is 5. The molecule has 0 aliphatic carbocycles. The number of carbonyl (C=O) groups excluding carboxylic acids is 1. The van der Waals surface area contributed by atoms with Crippen molar-refractivity contribution in [3.63, 3.8) is 0 Å². The Morgan fingerprint density at radius 1 is 0.870 bits per heavy atom. The van der Waals surface area contributed by atoms with Crippen LogP contribution in [0.4, 0.5) is 4.79 Å². The zero-order chi connectivity index (χ0) is 17.3. The molecule has 2 fully saturated rings. The van der Waals surface area contributed by atoms with Crippen LogP contribution in [0.2, 0.25) is 0 Å². The maximum absolute atomic E-state index is 12.7. The molecule has 0 unspecified atom stereocenters. The van der Waals surface area contributed by atoms with Crippen LogP contribution in [0.15, 0.2) is 0 Å². The smallest absolute Gasteiger partial charge is 0.410 e. The number of rotatable bonds is 2. The fourth-order valence-corrected chi connectivity index (χ4v) is 4.19. The van der Waals surface area contributed by atoms with Crippen molar-refractivity contribution in [3.05, 3.63) is 0 Å². The Morgan fingerprint density at radius 2 is 1.30 bits per heavy atom. The molecule has 0 atom stereocenters. The van der Waals surface area contributed by atoms with Gasteiger partial charge < -0.3 is 14.5 Å². The van der Waals surface area contributed by atoms with Gasteiger partial charge in [-0.05, 0) is 27.8 Å². The fraction of sp³-hybridized carbons (Fsp3) is 0.929. The van der Waals surface area contributed by atoms with E-state index < -0.39 is 15.8 Å². The van der Waals surface area contributed by atoms with Gasteiger partial charge in [0.25, 0.3) is 10.2 Å². The van der Waals surface area contributed by atoms with Crippen LogP contribution >= 0.6 is 0 Å². The summed E-state index contributed by atoms with van der Waals surface area (Å²) >= 11 is 0. The lowest BCUT2D eigenvalue weighted by Gasteiger charge is -2.39. The first kappa shape index (κ1) is 18.4. The molecular weight excluding hydrogens is 320 g/mol. The van der Waals surface area contributed by atoms with Crippen LogP contribution in [0, 0.1) is 0 Å². The molecule has 0 aromatic rings. The number of nitrogens with zero attached hydrogens (tertiary/aromatic N) is 4. The van der Waals surface area contributed by atoms with Crippen LogP contribution in [-0.4, -0.2) is 97.9 Å². The molecule has 0 N–H and O–H groups in total. The summed E-state index contributed by atoms with van der Waals surface area (Å²) in [5, 5.41) is 0. The summed E-state index contributed by atoms with van der Waals surface area (Å²) in [6.45, 7) is 9.34. The van der Waals surface area contributed by atoms with Crippen molar-refractivity contribution < 1.29 is 17.9 Å². The average Bonchev–Trinajstić information content (AvgIpc) is 2.46. The maximum Gasteiger partial charge on any atom is 0.410 e. The van der Waals surface area contributed by atoms with E-state index in [1.807, 2.05) is 27.8 Å². The molecule has 0 radical (unpaired) electrons. The molecule has 2 aliphatic heterocycles. The molecule has 8 nitrogen and oxygen atoms in total. The van der Waals surface area contributed by atoms with Crippen LogP contribution in [0.1, 0.15) is 20.8 Å². The second-order valence-electron chi connectivity index (χ2n) is 7.08. The van der Waals surface area contributed by atoms with Crippen LogP contribution in [0.5, 0.6) is 0 Å². The monoisotopic (exact) mass is 348 g/mol. The van der Waals surface area contributed by atoms with Crippen LogP contribution in [0.3, 0.4) is 0 Å². The molecule has 1 amide bonds. The van der Waals surface area contributed by atoms with E-state index in [0.29, 0.717) is 39.3 Å². The molecule has 0 aromatic heterocycles. The summed E-state index contributed by atoms with van der Waals surface area (Å²) in [6.07, 6.45) is -0.380. The predicted octanol–water partition coefficient (Wildman–Crippen LogP) is 0.0313. The summed E-state index contributed by atoms with van der Waals surface area (Å²) in [5.41, 5.74) is -0.542. The Kier molecular flexibility index (Phi) is 5.55. The van der Waals surface area contributed by atoms with Gasteiger partial charge in [-0.15, -0.1) is 0 Å². The van der Waals surface area contributed by atoms with Gasteiger partial charge in [0.1, 0.15) is 5.60 Å². The van der Waals surface area contributed by atoms with Gasteiger partial charge in [0.05, 0.1) is 0 Å². The summed E-state index contributed by atoms with van der Waals surface area (Å²) in [4.78, 5) is 15.7. The summed E-state index contributed by atoms with van der Waals surface area (Å²) in [7, 11) is -1.44. The lowest BCUT2D eigenvalue weighted by Crippen LogP contribution is -2.57. The molecule has 2 saturated heterocycles. The van der Waals surface area contributed by atoms with Gasteiger partial charge in [-0.2, -0.15) is 17.0 Å². The first-order valence-electron chi connectivity index (χ1n) is 8.01. The Labute approximate surface area is 139 Å². The minimum absolute atomic E-state index is 0.313. The maximum atomic E-state index is 12.7. The number of piperazine rings is 2. The third-order valence-electron chi connectivity index (χ3n) is 4.01. The van der Waals surface area contributed by atoms with Crippen molar-refractivity contribution >= 4 is 16.3 Å². The normalized spacial score (nSPS) is 23.0. The van der Waals surface area contributed by atoms with Crippen molar-refractivity contribution in [2.45, 2.75) is 26.4 Å². The molecule has 9 heteroatoms. The summed E-state index contributed by atoms with van der Waals surface area (Å²) in [6, 6.07) is 0. The molecule has 2 rings (SSSR count). The second-order valence-corrected chi connectivity index (χ2v) is 9.01. The topological polar surface area (TPSA) is 73.4 Å². The highest BCUT2D eigenvalue weighted by atomic mass is 32.2. The molecular formula is C14H28N4O4S. The lowest BCUT2D eigenvalue weighted by molar-refractivity contribution is 0.0189. The van der Waals surface area contributed by atoms with E-state index in [1.165, 1.54) is 8.61 Å². The van der Waals surface area contributed by atoms with E-state index in [9.17, 15) is 13.2 Å². The Balaban J connectivity index is 1.89. The molecule has 0 saturated carbocycles. The molecule has 0 spiro atoms. The van der Waals surface area contributed by atoms with Crippen molar-refractivity contribution in [1.82, 2.24) is 18.4 Å². The summed E-state index contributed by atoms with van der Waals surface area (Å²) in [5.74, 6) is 0. The number of hydrogen-bond donors (Lipinski definition) is 0. The fourth-order valence-electron chi connectivity index (χ4n) is 2.61. The van der Waals surface area contributed by atoms with Gasteiger partial charge in [-0.25, -0.2) is 4.79 Å². The molecule has 134 valence electrons. The minimum atomic E-state index is -3.43. The largest absolute Gasteiger partial charge is 0.444 e. The quantitative estimate of drug-likeness (QED) is 0.704. The molecule has 2 aliphatic rings. The highest BCUT2D eigenvalue weighted by molar-refractivity contribution is 7.86. The highest BCUT2D eigenvalue weighted by Crippen LogP contribution is 2.16. The van der Waals surface area contributed by atoms with E-state index in [2.05, 4.69) is 4.90 Å². The van der Waals surface area contributed by atoms with Gasteiger partial charge in [0.2, 0.25) is 0 Å². The van der Waals surface area contributed by atoms with Crippen LogP contribution < -0.4 is 0 Å². The second kappa shape index (κ2) is 6.92. The highest BCUT2D eigenvalue weighted by Gasteiger charge is 2.35. The minimum Gasteiger partial charge on any atom is -0.444 e. The number of ether oxygens (including phenoxy) is 1. The van der Waals surface area contributed by atoms with Crippen molar-refractivity contribution in [3.8, 4) is 0 Å². The Bertz CT molecular complexity index is 515. The van der Waals surface area contributed by atoms with Gasteiger partial charge >= 0.3 is 6.09 Å². The molecule has 0 aromatic carbocycles. The van der Waals surface area contributed by atoms with E-state index >= 15 is 0 Å². The Hall–Kier alpha value is -0.900. The SMILES string of the molecule is CN1CCN(S(=O)(=O)N2CCN(C(=O)OC(C)(C)C)CC2)CC1. The van der Waals surface area contributed by atoms with Crippen molar-refractivity contribution in [1.29, 1.82) is 0 Å². The third kappa shape index (κ3) is 4.79. The average molecular weight is 348 g/mol. The molecule has 23 heavy (non-hydrogen) atoms. The predicted molar refractivity (Wildman–Crippen MR) is 87.4 cm³/mol. The van der Waals surface area contributed by atoms with Crippen molar-refractivity contribution in [2.75, 3.05) is 59.4 Å².